The Balaban J connectivity index is 1.76. The average Bonchev–Trinajstić information content (AvgIpc) is 2.96. The van der Waals surface area contributed by atoms with Crippen LogP contribution in [0.25, 0.3) is 0 Å². The molecule has 0 aliphatic heterocycles. The van der Waals surface area contributed by atoms with Crippen LogP contribution in [0.3, 0.4) is 0 Å². The van der Waals surface area contributed by atoms with Gasteiger partial charge in [0.25, 0.3) is 0 Å². The van der Waals surface area contributed by atoms with Crippen LogP contribution in [-0.4, -0.2) is 36.1 Å². The van der Waals surface area contributed by atoms with Crippen molar-refractivity contribution in [3.05, 3.63) is 0 Å². The molecule has 110 valence electrons. The summed E-state index contributed by atoms with van der Waals surface area (Å²) in [4.78, 5) is 4.60. The summed E-state index contributed by atoms with van der Waals surface area (Å²) in [7, 11) is 0. The van der Waals surface area contributed by atoms with Crippen LogP contribution in [0.4, 0.5) is 0 Å². The van der Waals surface area contributed by atoms with Crippen molar-refractivity contribution in [3.63, 3.8) is 0 Å². The topological polar surface area (TPSA) is 36.4 Å². The molecule has 0 aromatic carbocycles. The van der Waals surface area contributed by atoms with Crippen LogP contribution in [-0.2, 0) is 0 Å². The Labute approximate surface area is 122 Å². The van der Waals surface area contributed by atoms with E-state index in [1.54, 1.807) is 0 Å². The highest BCUT2D eigenvalue weighted by Gasteiger charge is 2.37. The molecule has 4 atom stereocenters. The molecule has 3 nitrogen and oxygen atoms in total. The normalized spacial score (nSPS) is 34.4. The lowest BCUT2D eigenvalue weighted by Gasteiger charge is -2.18. The molecule has 0 radical (unpaired) electrons. The number of hydrogen-bond donors (Lipinski definition) is 2. The number of guanidine groups is 1. The molecule has 2 aliphatic rings. The number of nitrogens with zero attached hydrogens (tertiary/aromatic N) is 1. The SMILES string of the molecule is CCCC1CC1NC(=NCC)NC1CCC(SC)C1. The van der Waals surface area contributed by atoms with Crippen LogP contribution in [0.15, 0.2) is 4.99 Å². The zero-order valence-electron chi connectivity index (χ0n) is 12.6. The van der Waals surface area contributed by atoms with E-state index in [0.717, 1.165) is 23.7 Å². The van der Waals surface area contributed by atoms with Gasteiger partial charge in [0, 0.05) is 23.9 Å². The average molecular weight is 283 g/mol. The molecule has 2 saturated carbocycles. The molecule has 2 fully saturated rings. The van der Waals surface area contributed by atoms with Gasteiger partial charge in [0.1, 0.15) is 0 Å². The molecule has 2 N–H and O–H groups in total. The fourth-order valence-corrected chi connectivity index (χ4v) is 3.86. The monoisotopic (exact) mass is 283 g/mol. The highest BCUT2D eigenvalue weighted by Crippen LogP contribution is 2.34. The van der Waals surface area contributed by atoms with E-state index in [1.165, 1.54) is 38.5 Å². The fourth-order valence-electron chi connectivity index (χ4n) is 3.06. The summed E-state index contributed by atoms with van der Waals surface area (Å²) in [5.74, 6) is 1.94. The highest BCUT2D eigenvalue weighted by molar-refractivity contribution is 7.99. The minimum atomic E-state index is 0.624. The first-order valence-electron chi connectivity index (χ1n) is 7.87. The van der Waals surface area contributed by atoms with Gasteiger partial charge in [-0.25, -0.2) is 0 Å². The number of thioether (sulfide) groups is 1. The van der Waals surface area contributed by atoms with Crippen LogP contribution in [0.2, 0.25) is 0 Å². The second kappa shape index (κ2) is 7.41. The third-order valence-electron chi connectivity index (χ3n) is 4.28. The van der Waals surface area contributed by atoms with Gasteiger partial charge in [-0.2, -0.15) is 11.8 Å². The molecule has 0 amide bonds. The summed E-state index contributed by atoms with van der Waals surface area (Å²) in [6.45, 7) is 5.24. The van der Waals surface area contributed by atoms with E-state index < -0.39 is 0 Å². The van der Waals surface area contributed by atoms with Crippen LogP contribution >= 0.6 is 11.8 Å². The minimum absolute atomic E-state index is 0.624. The Morgan fingerprint density at radius 3 is 2.68 bits per heavy atom. The van der Waals surface area contributed by atoms with Gasteiger partial charge in [-0.05, 0) is 51.2 Å². The molecule has 4 unspecified atom stereocenters. The molecule has 4 heteroatoms. The van der Waals surface area contributed by atoms with Crippen molar-refractivity contribution in [1.82, 2.24) is 10.6 Å². The first kappa shape index (κ1) is 15.0. The zero-order chi connectivity index (χ0) is 13.7. The van der Waals surface area contributed by atoms with E-state index in [9.17, 15) is 0 Å². The molecule has 0 bridgehead atoms. The third-order valence-corrected chi connectivity index (χ3v) is 5.37. The minimum Gasteiger partial charge on any atom is -0.354 e. The molecule has 0 spiro atoms. The standard InChI is InChI=1S/C15H29N3S/c1-4-6-11-9-14(11)18-15(16-5-2)17-12-7-8-13(10-12)19-3/h11-14H,4-10H2,1-3H3,(H2,16,17,18). The lowest BCUT2D eigenvalue weighted by molar-refractivity contribution is 0.601. The summed E-state index contributed by atoms with van der Waals surface area (Å²) in [5, 5.41) is 8.10. The van der Waals surface area contributed by atoms with Crippen molar-refractivity contribution in [1.29, 1.82) is 0 Å². The van der Waals surface area contributed by atoms with Crippen molar-refractivity contribution >= 4 is 17.7 Å². The maximum absolute atomic E-state index is 4.60. The first-order valence-corrected chi connectivity index (χ1v) is 9.15. The van der Waals surface area contributed by atoms with Crippen LogP contribution in [0.5, 0.6) is 0 Å². The number of hydrogen-bond acceptors (Lipinski definition) is 2. The Morgan fingerprint density at radius 2 is 2.05 bits per heavy atom. The van der Waals surface area contributed by atoms with Gasteiger partial charge >= 0.3 is 0 Å². The van der Waals surface area contributed by atoms with Crippen molar-refractivity contribution in [3.8, 4) is 0 Å². The zero-order valence-corrected chi connectivity index (χ0v) is 13.4. The first-order chi connectivity index (χ1) is 9.26. The lowest BCUT2D eigenvalue weighted by atomic mass is 10.2. The van der Waals surface area contributed by atoms with Crippen LogP contribution in [0, 0.1) is 5.92 Å². The van der Waals surface area contributed by atoms with Gasteiger partial charge in [0.2, 0.25) is 0 Å². The molecule has 0 heterocycles. The summed E-state index contributed by atoms with van der Waals surface area (Å²) in [5.41, 5.74) is 0. The van der Waals surface area contributed by atoms with Gasteiger partial charge in [-0.3, -0.25) is 4.99 Å². The number of rotatable bonds is 6. The maximum Gasteiger partial charge on any atom is 0.191 e. The maximum atomic E-state index is 4.60. The van der Waals surface area contributed by atoms with Gasteiger partial charge in [0.15, 0.2) is 5.96 Å². The Bertz CT molecular complexity index is 306. The summed E-state index contributed by atoms with van der Waals surface area (Å²) < 4.78 is 0. The van der Waals surface area contributed by atoms with Crippen LogP contribution < -0.4 is 10.6 Å². The molecule has 2 aliphatic carbocycles. The lowest BCUT2D eigenvalue weighted by Crippen LogP contribution is -2.44. The van der Waals surface area contributed by atoms with E-state index in [0.29, 0.717) is 12.1 Å². The van der Waals surface area contributed by atoms with Crippen molar-refractivity contribution in [2.24, 2.45) is 10.9 Å². The van der Waals surface area contributed by atoms with E-state index >= 15 is 0 Å². The van der Waals surface area contributed by atoms with E-state index in [2.05, 4.69) is 35.7 Å². The quantitative estimate of drug-likeness (QED) is 0.581. The highest BCUT2D eigenvalue weighted by atomic mass is 32.2. The second-order valence-electron chi connectivity index (χ2n) is 5.87. The Hall–Kier alpha value is -0.380. The smallest absolute Gasteiger partial charge is 0.191 e. The van der Waals surface area contributed by atoms with Crippen molar-refractivity contribution in [2.45, 2.75) is 69.7 Å². The molecular weight excluding hydrogens is 254 g/mol. The predicted molar refractivity (Wildman–Crippen MR) is 86.0 cm³/mol. The van der Waals surface area contributed by atoms with E-state index in [4.69, 9.17) is 0 Å². The second-order valence-corrected chi connectivity index (χ2v) is 7.01. The molecule has 0 saturated heterocycles. The van der Waals surface area contributed by atoms with Crippen LogP contribution in [0.1, 0.15) is 52.4 Å². The summed E-state index contributed by atoms with van der Waals surface area (Å²) >= 11 is 2.01. The Morgan fingerprint density at radius 1 is 1.21 bits per heavy atom. The Kier molecular flexibility index (Phi) is 5.86. The van der Waals surface area contributed by atoms with Gasteiger partial charge in [-0.1, -0.05) is 13.3 Å². The van der Waals surface area contributed by atoms with Gasteiger partial charge in [0.05, 0.1) is 0 Å². The molecule has 0 aromatic heterocycles. The van der Waals surface area contributed by atoms with Crippen molar-refractivity contribution in [2.75, 3.05) is 12.8 Å². The molecular formula is C15H29N3S. The molecule has 19 heavy (non-hydrogen) atoms. The van der Waals surface area contributed by atoms with E-state index in [-0.39, 0.29) is 0 Å². The van der Waals surface area contributed by atoms with E-state index in [1.807, 2.05) is 11.8 Å². The largest absolute Gasteiger partial charge is 0.354 e. The van der Waals surface area contributed by atoms with Crippen molar-refractivity contribution < 1.29 is 0 Å². The predicted octanol–water partition coefficient (Wildman–Crippen LogP) is 3.01. The van der Waals surface area contributed by atoms with Gasteiger partial charge < -0.3 is 10.6 Å². The summed E-state index contributed by atoms with van der Waals surface area (Å²) in [6.07, 6.45) is 10.1. The number of aliphatic imine (C=N–C) groups is 1. The molecule has 2 rings (SSSR count). The molecule has 0 aromatic rings. The third kappa shape index (κ3) is 4.59. The fraction of sp³-hybridized carbons (Fsp3) is 0.933. The summed E-state index contributed by atoms with van der Waals surface area (Å²) in [6, 6.07) is 1.30. The number of nitrogens with one attached hydrogen (secondary N) is 2. The van der Waals surface area contributed by atoms with Gasteiger partial charge in [-0.15, -0.1) is 0 Å².